The third-order valence-corrected chi connectivity index (χ3v) is 1.18. The zero-order chi connectivity index (χ0) is 6.53. The van der Waals surface area contributed by atoms with Gasteiger partial charge in [-0.15, -0.1) is 0 Å². The summed E-state index contributed by atoms with van der Waals surface area (Å²) in [6.45, 7) is 1.99. The Labute approximate surface area is 54.7 Å². The second kappa shape index (κ2) is 3.25. The van der Waals surface area contributed by atoms with Gasteiger partial charge in [0.15, 0.2) is 0 Å². The van der Waals surface area contributed by atoms with E-state index in [1.807, 2.05) is 24.1 Å². The van der Waals surface area contributed by atoms with E-state index in [0.29, 0.717) is 0 Å². The summed E-state index contributed by atoms with van der Waals surface area (Å²) < 4.78 is 2.04. The van der Waals surface area contributed by atoms with Gasteiger partial charge in [-0.3, -0.25) is 0 Å². The van der Waals surface area contributed by atoms with Gasteiger partial charge in [-0.05, 0) is 7.05 Å². The summed E-state index contributed by atoms with van der Waals surface area (Å²) in [6.07, 6.45) is 5.56. The maximum absolute atomic E-state index is 3.91. The highest BCUT2D eigenvalue weighted by Gasteiger charge is 1.84. The molecule has 1 heterocycles. The van der Waals surface area contributed by atoms with E-state index in [2.05, 4.69) is 10.3 Å². The van der Waals surface area contributed by atoms with Crippen LogP contribution in [0.25, 0.3) is 0 Å². The fraction of sp³-hybridized carbons (Fsp3) is 0.500. The molecule has 0 aliphatic carbocycles. The lowest BCUT2D eigenvalue weighted by Gasteiger charge is -1.98. The average Bonchev–Trinajstić information content (AvgIpc) is 2.34. The van der Waals surface area contributed by atoms with Crippen LogP contribution >= 0.6 is 0 Å². The van der Waals surface area contributed by atoms with Crippen LogP contribution in [0.15, 0.2) is 18.7 Å². The van der Waals surface area contributed by atoms with E-state index in [1.54, 1.807) is 6.20 Å². The summed E-state index contributed by atoms with van der Waals surface area (Å²) in [5.74, 6) is 0. The molecule has 0 spiro atoms. The van der Waals surface area contributed by atoms with Crippen LogP contribution in [-0.4, -0.2) is 23.1 Å². The van der Waals surface area contributed by atoms with Gasteiger partial charge in [0.2, 0.25) is 0 Å². The minimum absolute atomic E-state index is 0.996. The van der Waals surface area contributed by atoms with Crippen molar-refractivity contribution in [2.75, 3.05) is 13.6 Å². The minimum Gasteiger partial charge on any atom is -0.336 e. The lowest BCUT2D eigenvalue weighted by atomic mass is 10.6. The third-order valence-electron chi connectivity index (χ3n) is 1.18. The van der Waals surface area contributed by atoms with E-state index in [9.17, 15) is 0 Å². The third kappa shape index (κ3) is 1.85. The lowest BCUT2D eigenvalue weighted by Crippen LogP contribution is -2.13. The number of rotatable bonds is 3. The van der Waals surface area contributed by atoms with Crippen LogP contribution in [-0.2, 0) is 6.54 Å². The number of hydrogen-bond donors (Lipinski definition) is 1. The molecule has 9 heavy (non-hydrogen) atoms. The molecule has 0 aliphatic heterocycles. The van der Waals surface area contributed by atoms with Gasteiger partial charge in [0.1, 0.15) is 0 Å². The molecule has 0 fully saturated rings. The molecule has 3 heteroatoms. The molecule has 0 amide bonds. The average molecular weight is 125 g/mol. The summed E-state index contributed by atoms with van der Waals surface area (Å²) in [4.78, 5) is 3.91. The highest BCUT2D eigenvalue weighted by molar-refractivity contribution is 4.73. The zero-order valence-electron chi connectivity index (χ0n) is 5.54. The summed E-state index contributed by atoms with van der Waals surface area (Å²) in [7, 11) is 1.94. The van der Waals surface area contributed by atoms with Gasteiger partial charge in [0.05, 0.1) is 6.33 Å². The number of aromatic nitrogens is 2. The largest absolute Gasteiger partial charge is 0.336 e. The Balaban J connectivity index is 2.30. The normalized spacial score (nSPS) is 9.89. The van der Waals surface area contributed by atoms with E-state index in [1.165, 1.54) is 0 Å². The standard InChI is InChI=1S/C6H11N3/c1-7-2-4-9-5-3-8-6-9/h3,5-7H,2,4H2,1H3. The quantitative estimate of drug-likeness (QED) is 0.621. The molecule has 1 N–H and O–H groups in total. The summed E-state index contributed by atoms with van der Waals surface area (Å²) in [6, 6.07) is 0. The minimum atomic E-state index is 0.996. The van der Waals surface area contributed by atoms with E-state index >= 15 is 0 Å². The van der Waals surface area contributed by atoms with Crippen LogP contribution in [0, 0.1) is 0 Å². The molecule has 0 saturated heterocycles. The van der Waals surface area contributed by atoms with Crippen LogP contribution in [0.4, 0.5) is 0 Å². The second-order valence-corrected chi connectivity index (χ2v) is 1.90. The Hall–Kier alpha value is -0.830. The van der Waals surface area contributed by atoms with Crippen molar-refractivity contribution in [3.8, 4) is 0 Å². The Bertz CT molecular complexity index is 145. The summed E-state index contributed by atoms with van der Waals surface area (Å²) >= 11 is 0. The number of nitrogens with zero attached hydrogens (tertiary/aromatic N) is 2. The first-order valence-corrected chi connectivity index (χ1v) is 3.04. The molecule has 1 aromatic heterocycles. The molecule has 0 aliphatic rings. The monoisotopic (exact) mass is 125 g/mol. The first kappa shape index (κ1) is 6.29. The van der Waals surface area contributed by atoms with Crippen molar-refractivity contribution >= 4 is 0 Å². The van der Waals surface area contributed by atoms with Gasteiger partial charge < -0.3 is 9.88 Å². The second-order valence-electron chi connectivity index (χ2n) is 1.90. The fourth-order valence-electron chi connectivity index (χ4n) is 0.660. The van der Waals surface area contributed by atoms with Crippen molar-refractivity contribution in [2.24, 2.45) is 0 Å². The first-order valence-electron chi connectivity index (χ1n) is 3.04. The van der Waals surface area contributed by atoms with Gasteiger partial charge in [0, 0.05) is 25.5 Å². The number of nitrogens with one attached hydrogen (secondary N) is 1. The summed E-state index contributed by atoms with van der Waals surface area (Å²) in [5, 5.41) is 3.06. The van der Waals surface area contributed by atoms with E-state index < -0.39 is 0 Å². The molecule has 50 valence electrons. The molecule has 1 rings (SSSR count). The predicted octanol–water partition coefficient (Wildman–Crippen LogP) is 0.102. The van der Waals surface area contributed by atoms with Crippen molar-refractivity contribution in [2.45, 2.75) is 6.54 Å². The molecular weight excluding hydrogens is 114 g/mol. The van der Waals surface area contributed by atoms with Gasteiger partial charge in [0.25, 0.3) is 0 Å². The molecule has 3 nitrogen and oxygen atoms in total. The number of hydrogen-bond acceptors (Lipinski definition) is 2. The Morgan fingerprint density at radius 3 is 3.11 bits per heavy atom. The Kier molecular flexibility index (Phi) is 2.27. The fourth-order valence-corrected chi connectivity index (χ4v) is 0.660. The SMILES string of the molecule is CNCCn1ccnc1. The van der Waals surface area contributed by atoms with E-state index in [-0.39, 0.29) is 0 Å². The molecule has 0 aromatic carbocycles. The molecule has 0 bridgehead atoms. The number of likely N-dealkylation sites (N-methyl/N-ethyl adjacent to an activating group) is 1. The topological polar surface area (TPSA) is 29.9 Å². The van der Waals surface area contributed by atoms with Crippen molar-refractivity contribution in [1.29, 1.82) is 0 Å². The van der Waals surface area contributed by atoms with Gasteiger partial charge >= 0.3 is 0 Å². The van der Waals surface area contributed by atoms with Gasteiger partial charge in [-0.1, -0.05) is 0 Å². The smallest absolute Gasteiger partial charge is 0.0946 e. The maximum Gasteiger partial charge on any atom is 0.0946 e. The molecule has 1 aromatic rings. The van der Waals surface area contributed by atoms with Gasteiger partial charge in [-0.25, -0.2) is 4.98 Å². The molecule has 0 saturated carbocycles. The van der Waals surface area contributed by atoms with E-state index in [0.717, 1.165) is 13.1 Å². The van der Waals surface area contributed by atoms with Crippen LogP contribution in [0.3, 0.4) is 0 Å². The molecule has 0 radical (unpaired) electrons. The number of imidazole rings is 1. The first-order chi connectivity index (χ1) is 4.43. The molecule has 0 unspecified atom stereocenters. The van der Waals surface area contributed by atoms with Crippen molar-refractivity contribution in [3.05, 3.63) is 18.7 Å². The Morgan fingerprint density at radius 2 is 2.56 bits per heavy atom. The zero-order valence-corrected chi connectivity index (χ0v) is 5.54. The van der Waals surface area contributed by atoms with Crippen LogP contribution in [0.5, 0.6) is 0 Å². The lowest BCUT2D eigenvalue weighted by molar-refractivity contribution is 0.644. The van der Waals surface area contributed by atoms with Crippen molar-refractivity contribution in [3.63, 3.8) is 0 Å². The molecular formula is C6H11N3. The van der Waals surface area contributed by atoms with Gasteiger partial charge in [-0.2, -0.15) is 0 Å². The van der Waals surface area contributed by atoms with E-state index in [4.69, 9.17) is 0 Å². The van der Waals surface area contributed by atoms with Crippen LogP contribution < -0.4 is 5.32 Å². The van der Waals surface area contributed by atoms with Crippen LogP contribution in [0.1, 0.15) is 0 Å². The highest BCUT2D eigenvalue weighted by atomic mass is 15.0. The maximum atomic E-state index is 3.91. The van der Waals surface area contributed by atoms with Crippen LogP contribution in [0.2, 0.25) is 0 Å². The summed E-state index contributed by atoms with van der Waals surface area (Å²) in [5.41, 5.74) is 0. The Morgan fingerprint density at radius 1 is 1.67 bits per heavy atom. The predicted molar refractivity (Wildman–Crippen MR) is 36.2 cm³/mol. The molecule has 0 atom stereocenters. The van der Waals surface area contributed by atoms with Crippen molar-refractivity contribution < 1.29 is 0 Å². The highest BCUT2D eigenvalue weighted by Crippen LogP contribution is 1.82. The van der Waals surface area contributed by atoms with Crippen molar-refractivity contribution in [1.82, 2.24) is 14.9 Å².